The fourth-order valence-electron chi connectivity index (χ4n) is 2.01. The Balaban J connectivity index is 3.26. The quantitative estimate of drug-likeness (QED) is 0.346. The first-order valence-electron chi connectivity index (χ1n) is 8.87. The summed E-state index contributed by atoms with van der Waals surface area (Å²) in [5, 5.41) is 0. The first-order valence-corrected chi connectivity index (χ1v) is 8.87. The Kier molecular flexibility index (Phi) is 14.1. The zero-order valence-electron chi connectivity index (χ0n) is 14.7. The Hall–Kier alpha value is -1.06. The van der Waals surface area contributed by atoms with Gasteiger partial charge in [0.15, 0.2) is 0 Å². The highest BCUT2D eigenvalue weighted by molar-refractivity contribution is 5.69. The number of esters is 2. The summed E-state index contributed by atoms with van der Waals surface area (Å²) >= 11 is 0. The van der Waals surface area contributed by atoms with Gasteiger partial charge in [-0.1, -0.05) is 46.5 Å². The third-order valence-corrected chi connectivity index (χ3v) is 3.44. The lowest BCUT2D eigenvalue weighted by atomic mass is 10.1. The summed E-state index contributed by atoms with van der Waals surface area (Å²) in [7, 11) is 0. The average Bonchev–Trinajstić information content (AvgIpc) is 2.47. The molecule has 0 N–H and O–H groups in total. The van der Waals surface area contributed by atoms with Crippen LogP contribution < -0.4 is 0 Å². The van der Waals surface area contributed by atoms with Crippen molar-refractivity contribution in [3.63, 3.8) is 0 Å². The van der Waals surface area contributed by atoms with E-state index >= 15 is 0 Å². The maximum atomic E-state index is 11.4. The van der Waals surface area contributed by atoms with E-state index in [1.165, 1.54) is 0 Å². The second-order valence-electron chi connectivity index (χ2n) is 6.24. The lowest BCUT2D eigenvalue weighted by molar-refractivity contribution is -0.144. The van der Waals surface area contributed by atoms with Crippen LogP contribution >= 0.6 is 0 Å². The van der Waals surface area contributed by atoms with E-state index in [1.54, 1.807) is 0 Å². The fraction of sp³-hybridized carbons (Fsp3) is 0.889. The molecule has 0 atom stereocenters. The van der Waals surface area contributed by atoms with Gasteiger partial charge in [-0.25, -0.2) is 0 Å². The van der Waals surface area contributed by atoms with Crippen LogP contribution in [0.3, 0.4) is 0 Å². The molecule has 0 unspecified atom stereocenters. The third kappa shape index (κ3) is 15.3. The molecule has 0 aliphatic carbocycles. The molecule has 0 spiro atoms. The molecule has 0 aromatic carbocycles. The van der Waals surface area contributed by atoms with Crippen LogP contribution in [0, 0.1) is 5.92 Å². The minimum atomic E-state index is -0.0778. The van der Waals surface area contributed by atoms with E-state index in [-0.39, 0.29) is 11.9 Å². The maximum Gasteiger partial charge on any atom is 0.305 e. The van der Waals surface area contributed by atoms with Crippen LogP contribution in [0.1, 0.15) is 85.0 Å². The van der Waals surface area contributed by atoms with Gasteiger partial charge in [-0.2, -0.15) is 0 Å². The second kappa shape index (κ2) is 14.9. The molecule has 0 fully saturated rings. The molecule has 0 saturated heterocycles. The molecule has 0 heterocycles. The van der Waals surface area contributed by atoms with Gasteiger partial charge < -0.3 is 9.47 Å². The number of rotatable bonds is 14. The molecule has 0 saturated carbocycles. The Labute approximate surface area is 135 Å². The van der Waals surface area contributed by atoms with Gasteiger partial charge in [0.25, 0.3) is 0 Å². The Bertz CT molecular complexity index is 287. The predicted molar refractivity (Wildman–Crippen MR) is 88.6 cm³/mol. The second-order valence-corrected chi connectivity index (χ2v) is 6.24. The molecule has 0 radical (unpaired) electrons. The zero-order valence-corrected chi connectivity index (χ0v) is 14.7. The molecular weight excluding hydrogens is 280 g/mol. The van der Waals surface area contributed by atoms with Gasteiger partial charge in [-0.15, -0.1) is 0 Å². The average molecular weight is 314 g/mol. The summed E-state index contributed by atoms with van der Waals surface area (Å²) in [6, 6.07) is 0. The minimum Gasteiger partial charge on any atom is -0.466 e. The van der Waals surface area contributed by atoms with E-state index in [0.29, 0.717) is 32.0 Å². The van der Waals surface area contributed by atoms with Gasteiger partial charge in [0.2, 0.25) is 0 Å². The van der Waals surface area contributed by atoms with Gasteiger partial charge >= 0.3 is 11.9 Å². The number of unbranched alkanes of at least 4 members (excludes halogenated alkanes) is 5. The molecule has 0 bridgehead atoms. The molecular formula is C18H34O4. The summed E-state index contributed by atoms with van der Waals surface area (Å²) in [5.74, 6) is 0.428. The van der Waals surface area contributed by atoms with E-state index in [9.17, 15) is 9.59 Å². The summed E-state index contributed by atoms with van der Waals surface area (Å²) in [5.41, 5.74) is 0. The summed E-state index contributed by atoms with van der Waals surface area (Å²) in [6.45, 7) is 7.32. The number of carbonyl (C=O) groups excluding carboxylic acids is 2. The normalized spacial score (nSPS) is 10.7. The van der Waals surface area contributed by atoms with Crippen molar-refractivity contribution in [3.05, 3.63) is 0 Å². The molecule has 4 nitrogen and oxygen atoms in total. The summed E-state index contributed by atoms with van der Waals surface area (Å²) in [6.07, 6.45) is 9.02. The summed E-state index contributed by atoms with van der Waals surface area (Å²) < 4.78 is 10.2. The Morgan fingerprint density at radius 1 is 0.773 bits per heavy atom. The standard InChI is InChI=1S/C18H34O4/c1-4-14-21-17(19)11-9-7-5-6-8-10-12-18(20)22-15-13-16(2)3/h16H,4-15H2,1-3H3. The molecule has 22 heavy (non-hydrogen) atoms. The topological polar surface area (TPSA) is 52.6 Å². The number of hydrogen-bond acceptors (Lipinski definition) is 4. The first-order chi connectivity index (χ1) is 10.6. The minimum absolute atomic E-state index is 0.0701. The largest absolute Gasteiger partial charge is 0.466 e. The highest BCUT2D eigenvalue weighted by atomic mass is 16.5. The van der Waals surface area contributed by atoms with Crippen LogP contribution in [0.2, 0.25) is 0 Å². The van der Waals surface area contributed by atoms with Crippen molar-refractivity contribution in [1.82, 2.24) is 0 Å². The molecule has 130 valence electrons. The highest BCUT2D eigenvalue weighted by Gasteiger charge is 2.04. The van der Waals surface area contributed by atoms with Crippen molar-refractivity contribution >= 4 is 11.9 Å². The molecule has 0 amide bonds. The van der Waals surface area contributed by atoms with E-state index < -0.39 is 0 Å². The van der Waals surface area contributed by atoms with E-state index in [2.05, 4.69) is 13.8 Å². The Morgan fingerprint density at radius 3 is 1.68 bits per heavy atom. The molecule has 0 rings (SSSR count). The van der Waals surface area contributed by atoms with Crippen LogP contribution in [-0.4, -0.2) is 25.2 Å². The molecule has 0 aromatic rings. The van der Waals surface area contributed by atoms with Crippen molar-refractivity contribution in [2.45, 2.75) is 85.0 Å². The van der Waals surface area contributed by atoms with Crippen molar-refractivity contribution in [3.8, 4) is 0 Å². The smallest absolute Gasteiger partial charge is 0.305 e. The van der Waals surface area contributed by atoms with Crippen molar-refractivity contribution in [2.24, 2.45) is 5.92 Å². The van der Waals surface area contributed by atoms with Crippen molar-refractivity contribution in [1.29, 1.82) is 0 Å². The fourth-order valence-corrected chi connectivity index (χ4v) is 2.01. The van der Waals surface area contributed by atoms with Crippen molar-refractivity contribution < 1.29 is 19.1 Å². The molecule has 4 heteroatoms. The van der Waals surface area contributed by atoms with Gasteiger partial charge in [0.1, 0.15) is 0 Å². The first kappa shape index (κ1) is 20.9. The molecule has 0 aromatic heterocycles. The van der Waals surface area contributed by atoms with Crippen LogP contribution in [0.25, 0.3) is 0 Å². The summed E-state index contributed by atoms with van der Waals surface area (Å²) in [4.78, 5) is 22.7. The lowest BCUT2D eigenvalue weighted by Crippen LogP contribution is -2.07. The SMILES string of the molecule is CCCOC(=O)CCCCCCCCC(=O)OCCC(C)C. The van der Waals surface area contributed by atoms with E-state index in [0.717, 1.165) is 51.4 Å². The van der Waals surface area contributed by atoms with Crippen LogP contribution in [0.15, 0.2) is 0 Å². The van der Waals surface area contributed by atoms with Gasteiger partial charge in [0.05, 0.1) is 13.2 Å². The third-order valence-electron chi connectivity index (χ3n) is 3.44. The van der Waals surface area contributed by atoms with E-state index in [1.807, 2.05) is 6.92 Å². The lowest BCUT2D eigenvalue weighted by Gasteiger charge is -2.06. The molecule has 0 aliphatic rings. The zero-order chi connectivity index (χ0) is 16.6. The maximum absolute atomic E-state index is 11.4. The molecule has 0 aliphatic heterocycles. The van der Waals surface area contributed by atoms with Gasteiger partial charge in [-0.05, 0) is 31.6 Å². The number of carbonyl (C=O) groups is 2. The Morgan fingerprint density at radius 2 is 1.23 bits per heavy atom. The van der Waals surface area contributed by atoms with E-state index in [4.69, 9.17) is 9.47 Å². The van der Waals surface area contributed by atoms with Crippen LogP contribution in [0.4, 0.5) is 0 Å². The van der Waals surface area contributed by atoms with Crippen LogP contribution in [0.5, 0.6) is 0 Å². The van der Waals surface area contributed by atoms with Gasteiger partial charge in [0, 0.05) is 12.8 Å². The van der Waals surface area contributed by atoms with Crippen molar-refractivity contribution in [2.75, 3.05) is 13.2 Å². The van der Waals surface area contributed by atoms with Gasteiger partial charge in [-0.3, -0.25) is 9.59 Å². The predicted octanol–water partition coefficient (Wildman–Crippen LogP) is 4.65. The number of hydrogen-bond donors (Lipinski definition) is 0. The monoisotopic (exact) mass is 314 g/mol. The highest BCUT2D eigenvalue weighted by Crippen LogP contribution is 2.10. The van der Waals surface area contributed by atoms with Crippen LogP contribution in [-0.2, 0) is 19.1 Å². The number of ether oxygens (including phenoxy) is 2.